The van der Waals surface area contributed by atoms with Crippen LogP contribution in [-0.2, 0) is 14.4 Å². The van der Waals surface area contributed by atoms with Crippen LogP contribution in [0.2, 0.25) is 0 Å². The molecule has 0 aliphatic heterocycles. The van der Waals surface area contributed by atoms with Crippen molar-refractivity contribution in [3.8, 4) is 0 Å². The molecule has 0 unspecified atom stereocenters. The molecule has 0 aliphatic carbocycles. The normalized spacial score (nSPS) is 13.7. The maximum Gasteiger partial charge on any atom is 0.326 e. The summed E-state index contributed by atoms with van der Waals surface area (Å²) >= 11 is 0. The van der Waals surface area contributed by atoms with Crippen LogP contribution in [0, 0.1) is 0 Å². The summed E-state index contributed by atoms with van der Waals surface area (Å²) in [6.07, 6.45) is 0.905. The highest BCUT2D eigenvalue weighted by Gasteiger charge is 2.24. The Morgan fingerprint density at radius 3 is 2.22 bits per heavy atom. The van der Waals surface area contributed by atoms with E-state index in [0.29, 0.717) is 19.4 Å². The number of carboxylic acid groups (broad SMARTS) is 2. The molecule has 0 aromatic carbocycles. The molecule has 0 radical (unpaired) electrons. The van der Waals surface area contributed by atoms with E-state index in [-0.39, 0.29) is 6.42 Å². The van der Waals surface area contributed by atoms with Crippen LogP contribution in [0.4, 0.5) is 0 Å². The number of aliphatic carboxylic acids is 2. The molecule has 0 fully saturated rings. The highest BCUT2D eigenvalue weighted by Crippen LogP contribution is 2.01. The zero-order chi connectivity index (χ0) is 14.1. The lowest BCUT2D eigenvalue weighted by molar-refractivity contribution is -0.142. The minimum Gasteiger partial charge on any atom is -0.481 e. The Bertz CT molecular complexity index is 308. The van der Waals surface area contributed by atoms with Crippen molar-refractivity contribution in [2.75, 3.05) is 6.54 Å². The third-order valence-corrected chi connectivity index (χ3v) is 2.29. The third-order valence-electron chi connectivity index (χ3n) is 2.29. The van der Waals surface area contributed by atoms with E-state index < -0.39 is 36.4 Å². The molecule has 0 bridgehead atoms. The van der Waals surface area contributed by atoms with Gasteiger partial charge in [-0.1, -0.05) is 0 Å². The SMILES string of the molecule is NCCCC[C@@H](NC(=O)[C@@H](N)CC(=O)O)C(=O)O. The van der Waals surface area contributed by atoms with Gasteiger partial charge in [0.15, 0.2) is 0 Å². The van der Waals surface area contributed by atoms with Crippen molar-refractivity contribution in [1.82, 2.24) is 5.32 Å². The number of unbranched alkanes of at least 4 members (excludes halogenated alkanes) is 1. The number of rotatable bonds is 9. The van der Waals surface area contributed by atoms with E-state index >= 15 is 0 Å². The van der Waals surface area contributed by atoms with Crippen LogP contribution in [0.25, 0.3) is 0 Å². The minimum absolute atomic E-state index is 0.234. The maximum atomic E-state index is 11.4. The smallest absolute Gasteiger partial charge is 0.326 e. The van der Waals surface area contributed by atoms with Gasteiger partial charge >= 0.3 is 11.9 Å². The first-order valence-electron chi connectivity index (χ1n) is 5.59. The van der Waals surface area contributed by atoms with E-state index in [9.17, 15) is 14.4 Å². The van der Waals surface area contributed by atoms with Gasteiger partial charge < -0.3 is 27.0 Å². The predicted octanol–water partition coefficient (Wildman–Crippen LogP) is -1.51. The summed E-state index contributed by atoms with van der Waals surface area (Å²) < 4.78 is 0. The number of carbonyl (C=O) groups excluding carboxylic acids is 1. The molecular formula is C10H19N3O5. The van der Waals surface area contributed by atoms with Gasteiger partial charge in [0.2, 0.25) is 5.91 Å². The quantitative estimate of drug-likeness (QED) is 0.316. The molecule has 0 saturated carbocycles. The van der Waals surface area contributed by atoms with Crippen molar-refractivity contribution in [2.45, 2.75) is 37.8 Å². The minimum atomic E-state index is -1.25. The summed E-state index contributed by atoms with van der Waals surface area (Å²) in [7, 11) is 0. The molecule has 0 aromatic rings. The summed E-state index contributed by atoms with van der Waals surface area (Å²) in [6, 6.07) is -2.32. The largest absolute Gasteiger partial charge is 0.481 e. The first-order chi connectivity index (χ1) is 8.38. The zero-order valence-electron chi connectivity index (χ0n) is 9.96. The van der Waals surface area contributed by atoms with Crippen molar-refractivity contribution < 1.29 is 24.6 Å². The van der Waals surface area contributed by atoms with Gasteiger partial charge in [0.1, 0.15) is 6.04 Å². The van der Waals surface area contributed by atoms with Crippen molar-refractivity contribution in [1.29, 1.82) is 0 Å². The van der Waals surface area contributed by atoms with Gasteiger partial charge in [0.05, 0.1) is 12.5 Å². The van der Waals surface area contributed by atoms with Gasteiger partial charge in [0, 0.05) is 0 Å². The van der Waals surface area contributed by atoms with Gasteiger partial charge in [-0.2, -0.15) is 0 Å². The average molecular weight is 261 g/mol. The van der Waals surface area contributed by atoms with Crippen LogP contribution in [-0.4, -0.2) is 46.7 Å². The molecule has 0 saturated heterocycles. The molecule has 8 heteroatoms. The predicted molar refractivity (Wildman–Crippen MR) is 62.7 cm³/mol. The highest BCUT2D eigenvalue weighted by atomic mass is 16.4. The fourth-order valence-electron chi connectivity index (χ4n) is 1.31. The van der Waals surface area contributed by atoms with E-state index in [1.807, 2.05) is 0 Å². The number of carbonyl (C=O) groups is 3. The number of nitrogens with one attached hydrogen (secondary N) is 1. The number of amides is 1. The molecule has 2 atom stereocenters. The fourth-order valence-corrected chi connectivity index (χ4v) is 1.31. The van der Waals surface area contributed by atoms with E-state index in [1.165, 1.54) is 0 Å². The van der Waals surface area contributed by atoms with E-state index in [2.05, 4.69) is 5.32 Å². The van der Waals surface area contributed by atoms with Gasteiger partial charge in [-0.3, -0.25) is 9.59 Å². The van der Waals surface area contributed by atoms with Crippen LogP contribution in [0.15, 0.2) is 0 Å². The van der Waals surface area contributed by atoms with Crippen LogP contribution in [0.3, 0.4) is 0 Å². The highest BCUT2D eigenvalue weighted by molar-refractivity contribution is 5.89. The summed E-state index contributed by atoms with van der Waals surface area (Å²) in [6.45, 7) is 0.443. The van der Waals surface area contributed by atoms with E-state index in [4.69, 9.17) is 21.7 Å². The average Bonchev–Trinajstić information content (AvgIpc) is 2.26. The van der Waals surface area contributed by atoms with Crippen LogP contribution >= 0.6 is 0 Å². The molecule has 7 N–H and O–H groups in total. The van der Waals surface area contributed by atoms with E-state index in [0.717, 1.165) is 0 Å². The van der Waals surface area contributed by atoms with Gasteiger partial charge in [0.25, 0.3) is 0 Å². The first-order valence-corrected chi connectivity index (χ1v) is 5.59. The molecule has 0 aliphatic rings. The van der Waals surface area contributed by atoms with Crippen LogP contribution < -0.4 is 16.8 Å². The standard InChI is InChI=1S/C10H19N3O5/c11-4-2-1-3-7(10(17)18)13-9(16)6(12)5-8(14)15/h6-7H,1-5,11-12H2,(H,13,16)(H,14,15)(H,17,18)/t6-,7+/m0/s1. The summed E-state index contributed by atoms with van der Waals surface area (Å²) in [4.78, 5) is 32.7. The zero-order valence-corrected chi connectivity index (χ0v) is 9.96. The van der Waals surface area contributed by atoms with Crippen molar-refractivity contribution in [2.24, 2.45) is 11.5 Å². The Balaban J connectivity index is 4.26. The third kappa shape index (κ3) is 6.81. The Hall–Kier alpha value is -1.67. The second-order valence-corrected chi connectivity index (χ2v) is 3.89. The molecule has 18 heavy (non-hydrogen) atoms. The molecule has 0 rings (SSSR count). The number of hydrogen-bond acceptors (Lipinski definition) is 5. The number of nitrogens with two attached hydrogens (primary N) is 2. The molecule has 0 aromatic heterocycles. The van der Waals surface area contributed by atoms with Crippen molar-refractivity contribution in [3.05, 3.63) is 0 Å². The van der Waals surface area contributed by atoms with Gasteiger partial charge in [-0.05, 0) is 25.8 Å². The summed E-state index contributed by atoms with van der Waals surface area (Å²) in [5, 5.41) is 19.6. The lowest BCUT2D eigenvalue weighted by atomic mass is 10.1. The maximum absolute atomic E-state index is 11.4. The van der Waals surface area contributed by atoms with E-state index in [1.54, 1.807) is 0 Å². The molecule has 8 nitrogen and oxygen atoms in total. The lowest BCUT2D eigenvalue weighted by Crippen LogP contribution is -2.49. The van der Waals surface area contributed by atoms with Crippen LogP contribution in [0.5, 0.6) is 0 Å². The van der Waals surface area contributed by atoms with Crippen LogP contribution in [0.1, 0.15) is 25.7 Å². The summed E-state index contributed by atoms with van der Waals surface area (Å²) in [5.41, 5.74) is 10.6. The lowest BCUT2D eigenvalue weighted by Gasteiger charge is -2.16. The molecular weight excluding hydrogens is 242 g/mol. The van der Waals surface area contributed by atoms with Gasteiger partial charge in [-0.15, -0.1) is 0 Å². The second-order valence-electron chi connectivity index (χ2n) is 3.89. The fraction of sp³-hybridized carbons (Fsp3) is 0.700. The number of carboxylic acids is 2. The van der Waals surface area contributed by atoms with Crippen molar-refractivity contribution >= 4 is 17.8 Å². The Morgan fingerprint density at radius 1 is 1.17 bits per heavy atom. The first kappa shape index (κ1) is 16.3. The second kappa shape index (κ2) is 8.43. The number of hydrogen-bond donors (Lipinski definition) is 5. The molecule has 104 valence electrons. The molecule has 0 heterocycles. The Morgan fingerprint density at radius 2 is 1.78 bits per heavy atom. The Kier molecular flexibility index (Phi) is 7.64. The molecule has 0 spiro atoms. The van der Waals surface area contributed by atoms with Gasteiger partial charge in [-0.25, -0.2) is 4.79 Å². The Labute approximate surface area is 104 Å². The van der Waals surface area contributed by atoms with Crippen molar-refractivity contribution in [3.63, 3.8) is 0 Å². The summed E-state index contributed by atoms with van der Waals surface area (Å²) in [5.74, 6) is -3.17. The molecule has 1 amide bonds. The monoisotopic (exact) mass is 261 g/mol. The topological polar surface area (TPSA) is 156 Å².